The summed E-state index contributed by atoms with van der Waals surface area (Å²) >= 11 is 0. The fourth-order valence-electron chi connectivity index (χ4n) is 1.26. The summed E-state index contributed by atoms with van der Waals surface area (Å²) in [5, 5.41) is 5.66. The molecule has 4 nitrogen and oxygen atoms in total. The normalized spacial score (nSPS) is 22.8. The average Bonchev–Trinajstić information content (AvgIpc) is 2.07. The lowest BCUT2D eigenvalue weighted by atomic mass is 9.94. The Kier molecular flexibility index (Phi) is 3.13. The molecular weight excluding hydrogens is 180 g/mol. The minimum atomic E-state index is -0.360. The highest BCUT2D eigenvalue weighted by molar-refractivity contribution is 5.82. The molecular formula is C10H18N2O2. The molecule has 1 saturated heterocycles. The van der Waals surface area contributed by atoms with Crippen molar-refractivity contribution in [1.82, 2.24) is 10.6 Å². The molecule has 0 spiro atoms. The third-order valence-electron chi connectivity index (χ3n) is 2.28. The van der Waals surface area contributed by atoms with Gasteiger partial charge in [-0.2, -0.15) is 0 Å². The van der Waals surface area contributed by atoms with E-state index in [-0.39, 0.29) is 23.3 Å². The Balaban J connectivity index is 2.38. The van der Waals surface area contributed by atoms with Crippen LogP contribution in [0.1, 0.15) is 33.6 Å². The second-order valence-electron chi connectivity index (χ2n) is 4.76. The van der Waals surface area contributed by atoms with Crippen LogP contribution in [-0.4, -0.2) is 24.4 Å². The first-order valence-electron chi connectivity index (χ1n) is 4.97. The summed E-state index contributed by atoms with van der Waals surface area (Å²) in [5.74, 6) is 0.116. The maximum absolute atomic E-state index is 11.6. The summed E-state index contributed by atoms with van der Waals surface area (Å²) in [6, 6.07) is 0.0967. The molecule has 0 bridgehead atoms. The first-order chi connectivity index (χ1) is 6.39. The Hall–Kier alpha value is -1.06. The van der Waals surface area contributed by atoms with Crippen LogP contribution >= 0.6 is 0 Å². The molecule has 1 heterocycles. The summed E-state index contributed by atoms with van der Waals surface area (Å²) in [6.07, 6.45) is 1.25. The zero-order chi connectivity index (χ0) is 10.8. The number of piperidine rings is 1. The predicted octanol–water partition coefficient (Wildman–Crippen LogP) is 0.427. The van der Waals surface area contributed by atoms with E-state index in [1.165, 1.54) is 0 Å². The van der Waals surface area contributed by atoms with Crippen LogP contribution in [0.3, 0.4) is 0 Å². The lowest BCUT2D eigenvalue weighted by molar-refractivity contribution is -0.130. The van der Waals surface area contributed by atoms with Gasteiger partial charge in [0.25, 0.3) is 0 Å². The van der Waals surface area contributed by atoms with Gasteiger partial charge in [-0.3, -0.25) is 9.59 Å². The molecule has 0 aromatic rings. The van der Waals surface area contributed by atoms with Crippen molar-refractivity contribution in [2.75, 3.05) is 6.54 Å². The van der Waals surface area contributed by atoms with Crippen molar-refractivity contribution in [2.24, 2.45) is 5.41 Å². The van der Waals surface area contributed by atoms with Gasteiger partial charge in [-0.15, -0.1) is 0 Å². The van der Waals surface area contributed by atoms with Crippen LogP contribution in [0.15, 0.2) is 0 Å². The summed E-state index contributed by atoms with van der Waals surface area (Å²) in [4.78, 5) is 22.5. The minimum Gasteiger partial charge on any atom is -0.354 e. The van der Waals surface area contributed by atoms with E-state index in [9.17, 15) is 9.59 Å². The van der Waals surface area contributed by atoms with Crippen LogP contribution < -0.4 is 10.6 Å². The van der Waals surface area contributed by atoms with Crippen LogP contribution in [0.5, 0.6) is 0 Å². The lowest BCUT2D eigenvalue weighted by Crippen LogP contribution is -2.50. The maximum atomic E-state index is 11.6. The molecule has 2 N–H and O–H groups in total. The minimum absolute atomic E-state index is 0.0404. The predicted molar refractivity (Wildman–Crippen MR) is 53.6 cm³/mol. The summed E-state index contributed by atoms with van der Waals surface area (Å²) in [5.41, 5.74) is -0.360. The second kappa shape index (κ2) is 3.98. The van der Waals surface area contributed by atoms with Crippen LogP contribution in [0.4, 0.5) is 0 Å². The molecule has 80 valence electrons. The first-order valence-corrected chi connectivity index (χ1v) is 4.97. The summed E-state index contributed by atoms with van der Waals surface area (Å²) in [6.45, 7) is 6.19. The van der Waals surface area contributed by atoms with Crippen molar-refractivity contribution in [3.63, 3.8) is 0 Å². The van der Waals surface area contributed by atoms with Gasteiger partial charge in [0, 0.05) is 24.4 Å². The van der Waals surface area contributed by atoms with Crippen molar-refractivity contribution >= 4 is 11.8 Å². The Morgan fingerprint density at radius 3 is 2.57 bits per heavy atom. The van der Waals surface area contributed by atoms with Crippen LogP contribution in [0, 0.1) is 5.41 Å². The quantitative estimate of drug-likeness (QED) is 0.642. The van der Waals surface area contributed by atoms with E-state index in [0.717, 1.165) is 6.42 Å². The van der Waals surface area contributed by atoms with Crippen LogP contribution in [0.2, 0.25) is 0 Å². The number of rotatable bonds is 1. The summed E-state index contributed by atoms with van der Waals surface area (Å²) in [7, 11) is 0. The van der Waals surface area contributed by atoms with E-state index in [4.69, 9.17) is 0 Å². The second-order valence-corrected chi connectivity index (χ2v) is 4.76. The fourth-order valence-corrected chi connectivity index (χ4v) is 1.26. The van der Waals surface area contributed by atoms with Gasteiger partial charge in [0.05, 0.1) is 0 Å². The Labute approximate surface area is 84.4 Å². The maximum Gasteiger partial charge on any atom is 0.225 e. The monoisotopic (exact) mass is 198 g/mol. The number of amides is 2. The molecule has 1 fully saturated rings. The smallest absolute Gasteiger partial charge is 0.225 e. The van der Waals surface area contributed by atoms with Gasteiger partial charge < -0.3 is 10.6 Å². The van der Waals surface area contributed by atoms with Gasteiger partial charge in [-0.1, -0.05) is 20.8 Å². The summed E-state index contributed by atoms with van der Waals surface area (Å²) < 4.78 is 0. The Bertz CT molecular complexity index is 233. The number of carbonyl (C=O) groups excluding carboxylic acids is 2. The SMILES string of the molecule is CC(C)(C)C(=O)NC1CCC(=O)NC1. The zero-order valence-corrected chi connectivity index (χ0v) is 9.02. The standard InChI is InChI=1S/C10H18N2O2/c1-10(2,3)9(14)12-7-4-5-8(13)11-6-7/h7H,4-6H2,1-3H3,(H,11,13)(H,12,14). The molecule has 0 saturated carbocycles. The highest BCUT2D eigenvalue weighted by atomic mass is 16.2. The van der Waals surface area contributed by atoms with Gasteiger partial charge in [-0.25, -0.2) is 0 Å². The van der Waals surface area contributed by atoms with E-state index >= 15 is 0 Å². The zero-order valence-electron chi connectivity index (χ0n) is 9.02. The molecule has 0 aromatic heterocycles. The third kappa shape index (κ3) is 3.01. The Morgan fingerprint density at radius 1 is 1.50 bits per heavy atom. The molecule has 4 heteroatoms. The Morgan fingerprint density at radius 2 is 2.14 bits per heavy atom. The van der Waals surface area contributed by atoms with Gasteiger partial charge >= 0.3 is 0 Å². The van der Waals surface area contributed by atoms with E-state index in [2.05, 4.69) is 10.6 Å². The topological polar surface area (TPSA) is 58.2 Å². The molecule has 1 aliphatic rings. The molecule has 0 aliphatic carbocycles. The van der Waals surface area contributed by atoms with Crippen molar-refractivity contribution in [2.45, 2.75) is 39.7 Å². The number of carbonyl (C=O) groups is 2. The van der Waals surface area contributed by atoms with E-state index in [1.807, 2.05) is 20.8 Å². The molecule has 0 aromatic carbocycles. The van der Waals surface area contributed by atoms with Crippen molar-refractivity contribution in [3.8, 4) is 0 Å². The van der Waals surface area contributed by atoms with Crippen molar-refractivity contribution in [3.05, 3.63) is 0 Å². The molecule has 1 unspecified atom stereocenters. The lowest BCUT2D eigenvalue weighted by Gasteiger charge is -2.27. The van der Waals surface area contributed by atoms with Gasteiger partial charge in [-0.05, 0) is 6.42 Å². The van der Waals surface area contributed by atoms with E-state index in [1.54, 1.807) is 0 Å². The third-order valence-corrected chi connectivity index (χ3v) is 2.28. The molecule has 0 radical (unpaired) electrons. The van der Waals surface area contributed by atoms with Crippen molar-refractivity contribution in [1.29, 1.82) is 0 Å². The van der Waals surface area contributed by atoms with Gasteiger partial charge in [0.2, 0.25) is 11.8 Å². The molecule has 2 amide bonds. The number of hydrogen-bond donors (Lipinski definition) is 2. The molecule has 1 aliphatic heterocycles. The van der Waals surface area contributed by atoms with Crippen LogP contribution in [-0.2, 0) is 9.59 Å². The number of nitrogens with one attached hydrogen (secondary N) is 2. The van der Waals surface area contributed by atoms with Crippen LogP contribution in [0.25, 0.3) is 0 Å². The van der Waals surface area contributed by atoms with Gasteiger partial charge in [0.1, 0.15) is 0 Å². The fraction of sp³-hybridized carbons (Fsp3) is 0.800. The largest absolute Gasteiger partial charge is 0.354 e. The molecule has 1 atom stereocenters. The first kappa shape index (κ1) is 11.0. The highest BCUT2D eigenvalue weighted by Crippen LogP contribution is 2.14. The average molecular weight is 198 g/mol. The molecule has 14 heavy (non-hydrogen) atoms. The number of hydrogen-bond acceptors (Lipinski definition) is 2. The highest BCUT2D eigenvalue weighted by Gasteiger charge is 2.25. The van der Waals surface area contributed by atoms with Crippen molar-refractivity contribution < 1.29 is 9.59 Å². The van der Waals surface area contributed by atoms with E-state index in [0.29, 0.717) is 13.0 Å². The van der Waals surface area contributed by atoms with E-state index < -0.39 is 0 Å². The van der Waals surface area contributed by atoms with Gasteiger partial charge in [0.15, 0.2) is 0 Å². The molecule has 1 rings (SSSR count).